The van der Waals surface area contributed by atoms with Crippen molar-refractivity contribution in [3.8, 4) is 5.75 Å². The van der Waals surface area contributed by atoms with Gasteiger partial charge in [-0.25, -0.2) is 4.39 Å². The zero-order valence-electron chi connectivity index (χ0n) is 10.7. The summed E-state index contributed by atoms with van der Waals surface area (Å²) < 4.78 is 23.8. The number of rotatable bonds is 3. The molecule has 0 aliphatic carbocycles. The summed E-state index contributed by atoms with van der Waals surface area (Å²) in [4.78, 5) is 12.5. The molecule has 100 valence electrons. The number of hydrogen-bond donors (Lipinski definition) is 0. The van der Waals surface area contributed by atoms with E-state index in [1.54, 1.807) is 12.1 Å². The van der Waals surface area contributed by atoms with Gasteiger partial charge in [0.25, 0.3) is 0 Å². The summed E-state index contributed by atoms with van der Waals surface area (Å²) in [6.45, 7) is 0. The van der Waals surface area contributed by atoms with E-state index in [0.29, 0.717) is 22.3 Å². The summed E-state index contributed by atoms with van der Waals surface area (Å²) in [5, 5.41) is 0.698. The minimum Gasteiger partial charge on any atom is -0.496 e. The van der Waals surface area contributed by atoms with Crippen LogP contribution in [0.15, 0.2) is 53.1 Å². The van der Waals surface area contributed by atoms with E-state index >= 15 is 0 Å². The van der Waals surface area contributed by atoms with Crippen molar-refractivity contribution in [3.63, 3.8) is 0 Å². The van der Waals surface area contributed by atoms with Gasteiger partial charge in [-0.15, -0.1) is 0 Å². The first-order valence-corrected chi connectivity index (χ1v) is 6.05. The number of halogens is 1. The summed E-state index contributed by atoms with van der Waals surface area (Å²) in [5.41, 5.74) is 1.19. The third-order valence-corrected chi connectivity index (χ3v) is 3.13. The second-order valence-electron chi connectivity index (χ2n) is 4.32. The minimum atomic E-state index is -0.484. The highest BCUT2D eigenvalue weighted by molar-refractivity contribution is 6.17. The van der Waals surface area contributed by atoms with Crippen molar-refractivity contribution in [3.05, 3.63) is 65.7 Å². The smallest absolute Gasteiger partial charge is 0.200 e. The Hall–Kier alpha value is -2.62. The summed E-state index contributed by atoms with van der Waals surface area (Å²) in [5.74, 6) is -0.477. The van der Waals surface area contributed by atoms with Gasteiger partial charge in [0.1, 0.15) is 23.4 Å². The van der Waals surface area contributed by atoms with E-state index in [9.17, 15) is 9.18 Å². The van der Waals surface area contributed by atoms with E-state index in [1.807, 2.05) is 12.1 Å². The van der Waals surface area contributed by atoms with Crippen LogP contribution in [-0.4, -0.2) is 12.9 Å². The van der Waals surface area contributed by atoms with Crippen LogP contribution in [-0.2, 0) is 0 Å². The van der Waals surface area contributed by atoms with E-state index in [0.717, 1.165) is 0 Å². The number of hydrogen-bond acceptors (Lipinski definition) is 3. The highest BCUT2D eigenvalue weighted by Gasteiger charge is 2.19. The third kappa shape index (κ3) is 1.95. The molecule has 1 aromatic heterocycles. The zero-order valence-corrected chi connectivity index (χ0v) is 10.7. The zero-order chi connectivity index (χ0) is 14.1. The van der Waals surface area contributed by atoms with Gasteiger partial charge in [0, 0.05) is 5.39 Å². The Balaban J connectivity index is 2.15. The summed E-state index contributed by atoms with van der Waals surface area (Å²) in [7, 11) is 1.44. The first-order valence-electron chi connectivity index (χ1n) is 6.05. The number of benzene rings is 2. The molecule has 3 aromatic rings. The molecule has 0 atom stereocenters. The van der Waals surface area contributed by atoms with Crippen molar-refractivity contribution in [1.82, 2.24) is 0 Å². The lowest BCUT2D eigenvalue weighted by Crippen LogP contribution is -2.04. The van der Waals surface area contributed by atoms with E-state index in [2.05, 4.69) is 0 Å². The standard InChI is InChI=1S/C16H11FO3/c1-19-14-7-6-10(17)8-12(14)16(18)13-9-20-15-5-3-2-4-11(13)15/h2-9H,1H3. The second-order valence-corrected chi connectivity index (χ2v) is 4.32. The lowest BCUT2D eigenvalue weighted by molar-refractivity contribution is 0.103. The van der Waals surface area contributed by atoms with Crippen LogP contribution in [0.1, 0.15) is 15.9 Å². The van der Waals surface area contributed by atoms with E-state index in [-0.39, 0.29) is 11.3 Å². The Morgan fingerprint density at radius 1 is 1.15 bits per heavy atom. The van der Waals surface area contributed by atoms with Crippen LogP contribution in [0.4, 0.5) is 4.39 Å². The van der Waals surface area contributed by atoms with Gasteiger partial charge in [0.2, 0.25) is 5.78 Å². The maximum absolute atomic E-state index is 13.4. The van der Waals surface area contributed by atoms with Gasteiger partial charge in [0.15, 0.2) is 0 Å². The topological polar surface area (TPSA) is 39.4 Å². The molecule has 0 spiro atoms. The van der Waals surface area contributed by atoms with Crippen molar-refractivity contribution >= 4 is 16.8 Å². The molecule has 0 amide bonds. The molecule has 0 radical (unpaired) electrons. The molecule has 1 heterocycles. The van der Waals surface area contributed by atoms with Gasteiger partial charge in [-0.2, -0.15) is 0 Å². The van der Waals surface area contributed by atoms with Gasteiger partial charge < -0.3 is 9.15 Å². The molecule has 0 aliphatic rings. The number of carbonyl (C=O) groups excluding carboxylic acids is 1. The van der Waals surface area contributed by atoms with Crippen LogP contribution in [0.25, 0.3) is 11.0 Å². The first kappa shape index (κ1) is 12.4. The molecule has 20 heavy (non-hydrogen) atoms. The van der Waals surface area contributed by atoms with Crippen molar-refractivity contribution < 1.29 is 18.3 Å². The van der Waals surface area contributed by atoms with Gasteiger partial charge in [-0.05, 0) is 24.3 Å². The van der Waals surface area contributed by atoms with Crippen LogP contribution in [0.2, 0.25) is 0 Å². The molecule has 0 unspecified atom stereocenters. The SMILES string of the molecule is COc1ccc(F)cc1C(=O)c1coc2ccccc12. The second kappa shape index (κ2) is 4.81. The summed E-state index contributed by atoms with van der Waals surface area (Å²) in [6.07, 6.45) is 1.39. The number of ether oxygens (including phenoxy) is 1. The van der Waals surface area contributed by atoms with Crippen molar-refractivity contribution in [2.24, 2.45) is 0 Å². The number of ketones is 1. The Bertz CT molecular complexity index is 789. The van der Waals surface area contributed by atoms with E-state index in [1.165, 1.54) is 31.6 Å². The van der Waals surface area contributed by atoms with Crippen LogP contribution in [0.5, 0.6) is 5.75 Å². The molecule has 0 aliphatic heterocycles. The fourth-order valence-corrected chi connectivity index (χ4v) is 2.16. The summed E-state index contributed by atoms with van der Waals surface area (Å²) in [6, 6.07) is 11.1. The van der Waals surface area contributed by atoms with Crippen LogP contribution in [0.3, 0.4) is 0 Å². The molecular weight excluding hydrogens is 259 g/mol. The Morgan fingerprint density at radius 2 is 1.95 bits per heavy atom. The number of methoxy groups -OCH3 is 1. The molecule has 3 rings (SSSR count). The Labute approximate surface area is 114 Å². The molecule has 0 saturated heterocycles. The highest BCUT2D eigenvalue weighted by Crippen LogP contribution is 2.27. The first-order chi connectivity index (χ1) is 9.70. The molecule has 4 heteroatoms. The van der Waals surface area contributed by atoms with Crippen molar-refractivity contribution in [2.75, 3.05) is 7.11 Å². The quantitative estimate of drug-likeness (QED) is 0.679. The third-order valence-electron chi connectivity index (χ3n) is 3.13. The fraction of sp³-hybridized carbons (Fsp3) is 0.0625. The number of furan rings is 1. The molecule has 0 fully saturated rings. The fourth-order valence-electron chi connectivity index (χ4n) is 2.16. The van der Waals surface area contributed by atoms with Gasteiger partial charge in [0.05, 0.1) is 18.2 Å². The van der Waals surface area contributed by atoms with Crippen LogP contribution in [0, 0.1) is 5.82 Å². The van der Waals surface area contributed by atoms with Gasteiger partial charge in [-0.1, -0.05) is 18.2 Å². The predicted octanol–water partition coefficient (Wildman–Crippen LogP) is 3.81. The van der Waals surface area contributed by atoms with E-state index < -0.39 is 5.82 Å². The molecule has 0 bridgehead atoms. The van der Waals surface area contributed by atoms with Gasteiger partial charge >= 0.3 is 0 Å². The van der Waals surface area contributed by atoms with Crippen LogP contribution >= 0.6 is 0 Å². The predicted molar refractivity (Wildman–Crippen MR) is 72.6 cm³/mol. The van der Waals surface area contributed by atoms with E-state index in [4.69, 9.17) is 9.15 Å². The normalized spacial score (nSPS) is 10.7. The van der Waals surface area contributed by atoms with Gasteiger partial charge in [-0.3, -0.25) is 4.79 Å². The largest absolute Gasteiger partial charge is 0.496 e. The molecule has 2 aromatic carbocycles. The average molecular weight is 270 g/mol. The lowest BCUT2D eigenvalue weighted by Gasteiger charge is -2.06. The minimum absolute atomic E-state index is 0.180. The molecule has 0 saturated carbocycles. The Morgan fingerprint density at radius 3 is 2.75 bits per heavy atom. The average Bonchev–Trinajstić information content (AvgIpc) is 2.90. The lowest BCUT2D eigenvalue weighted by atomic mass is 10.0. The molecule has 3 nitrogen and oxygen atoms in total. The van der Waals surface area contributed by atoms with Crippen molar-refractivity contribution in [2.45, 2.75) is 0 Å². The summed E-state index contributed by atoms with van der Waals surface area (Å²) >= 11 is 0. The maximum atomic E-state index is 13.4. The monoisotopic (exact) mass is 270 g/mol. The van der Waals surface area contributed by atoms with Crippen molar-refractivity contribution in [1.29, 1.82) is 0 Å². The molecule has 0 N–H and O–H groups in total. The Kier molecular flexibility index (Phi) is 2.99. The highest BCUT2D eigenvalue weighted by atomic mass is 19.1. The molecular formula is C16H11FO3. The number of para-hydroxylation sites is 1. The van der Waals surface area contributed by atoms with Crippen LogP contribution < -0.4 is 4.74 Å². The maximum Gasteiger partial charge on any atom is 0.200 e. The number of carbonyl (C=O) groups is 1. The number of fused-ring (bicyclic) bond motifs is 1.